The summed E-state index contributed by atoms with van der Waals surface area (Å²) >= 11 is 0. The Bertz CT molecular complexity index is 496. The van der Waals surface area contributed by atoms with E-state index < -0.39 is 0 Å². The number of amides is 1. The van der Waals surface area contributed by atoms with Crippen LogP contribution >= 0.6 is 0 Å². The molecular weight excluding hydrogens is 266 g/mol. The van der Waals surface area contributed by atoms with Crippen molar-refractivity contribution in [1.82, 2.24) is 9.80 Å². The summed E-state index contributed by atoms with van der Waals surface area (Å²) in [6.07, 6.45) is 0. The summed E-state index contributed by atoms with van der Waals surface area (Å²) < 4.78 is 5.31. The highest BCUT2D eigenvalue weighted by Crippen LogP contribution is 2.22. The highest BCUT2D eigenvalue weighted by atomic mass is 16.5. The summed E-state index contributed by atoms with van der Waals surface area (Å²) in [7, 11) is 1.60. The SMILES string of the molecule is COc1ccc(C)cc1C(=O)N1CCN(C(C)CN)CC1. The van der Waals surface area contributed by atoms with E-state index in [4.69, 9.17) is 10.5 Å². The van der Waals surface area contributed by atoms with Crippen LogP contribution in [0.1, 0.15) is 22.8 Å². The Labute approximate surface area is 126 Å². The molecule has 1 heterocycles. The van der Waals surface area contributed by atoms with Crippen LogP contribution in [0.2, 0.25) is 0 Å². The second-order valence-electron chi connectivity index (χ2n) is 5.62. The lowest BCUT2D eigenvalue weighted by atomic mass is 10.1. The van der Waals surface area contributed by atoms with E-state index in [-0.39, 0.29) is 5.91 Å². The van der Waals surface area contributed by atoms with Gasteiger partial charge in [0, 0.05) is 38.8 Å². The standard InChI is InChI=1S/C16H25N3O2/c1-12-4-5-15(21-3)14(10-12)16(20)19-8-6-18(7-9-19)13(2)11-17/h4-5,10,13H,6-9,11,17H2,1-3H3. The summed E-state index contributed by atoms with van der Waals surface area (Å²) in [5.41, 5.74) is 7.42. The first-order valence-corrected chi connectivity index (χ1v) is 7.45. The van der Waals surface area contributed by atoms with Crippen LogP contribution in [-0.2, 0) is 0 Å². The molecule has 1 aromatic rings. The van der Waals surface area contributed by atoms with Crippen LogP contribution in [0.25, 0.3) is 0 Å². The number of methoxy groups -OCH3 is 1. The number of hydrogen-bond donors (Lipinski definition) is 1. The number of hydrogen-bond acceptors (Lipinski definition) is 4. The number of nitrogens with zero attached hydrogens (tertiary/aromatic N) is 2. The van der Waals surface area contributed by atoms with Crippen molar-refractivity contribution in [2.75, 3.05) is 39.8 Å². The topological polar surface area (TPSA) is 58.8 Å². The van der Waals surface area contributed by atoms with Crippen LogP contribution in [0.15, 0.2) is 18.2 Å². The second-order valence-corrected chi connectivity index (χ2v) is 5.62. The third kappa shape index (κ3) is 3.54. The van der Waals surface area contributed by atoms with E-state index in [0.29, 0.717) is 23.9 Å². The molecular formula is C16H25N3O2. The fraction of sp³-hybridized carbons (Fsp3) is 0.562. The van der Waals surface area contributed by atoms with Gasteiger partial charge in [-0.2, -0.15) is 0 Å². The van der Waals surface area contributed by atoms with Gasteiger partial charge in [0.1, 0.15) is 5.75 Å². The minimum absolute atomic E-state index is 0.0515. The van der Waals surface area contributed by atoms with E-state index in [0.717, 1.165) is 31.7 Å². The van der Waals surface area contributed by atoms with Gasteiger partial charge in [0.15, 0.2) is 0 Å². The molecule has 1 fully saturated rings. The van der Waals surface area contributed by atoms with Crippen molar-refractivity contribution in [3.05, 3.63) is 29.3 Å². The molecule has 1 saturated heterocycles. The van der Waals surface area contributed by atoms with Crippen molar-refractivity contribution >= 4 is 5.91 Å². The molecule has 2 rings (SSSR count). The van der Waals surface area contributed by atoms with Gasteiger partial charge in [-0.3, -0.25) is 9.69 Å². The molecule has 1 atom stereocenters. The lowest BCUT2D eigenvalue weighted by molar-refractivity contribution is 0.0586. The van der Waals surface area contributed by atoms with Crippen molar-refractivity contribution in [2.24, 2.45) is 5.73 Å². The number of carbonyl (C=O) groups is 1. The zero-order valence-electron chi connectivity index (χ0n) is 13.1. The van der Waals surface area contributed by atoms with E-state index in [9.17, 15) is 4.79 Å². The average molecular weight is 291 g/mol. The van der Waals surface area contributed by atoms with Crippen molar-refractivity contribution in [3.63, 3.8) is 0 Å². The van der Waals surface area contributed by atoms with Crippen LogP contribution < -0.4 is 10.5 Å². The fourth-order valence-corrected chi connectivity index (χ4v) is 2.67. The molecule has 0 aromatic heterocycles. The summed E-state index contributed by atoms with van der Waals surface area (Å²) in [5, 5.41) is 0. The molecule has 1 amide bonds. The summed E-state index contributed by atoms with van der Waals surface area (Å²) in [6.45, 7) is 7.98. The molecule has 0 bridgehead atoms. The Morgan fingerprint density at radius 2 is 2.00 bits per heavy atom. The number of piperazine rings is 1. The molecule has 0 radical (unpaired) electrons. The maximum absolute atomic E-state index is 12.7. The van der Waals surface area contributed by atoms with Crippen molar-refractivity contribution in [2.45, 2.75) is 19.9 Å². The number of aryl methyl sites for hydroxylation is 1. The van der Waals surface area contributed by atoms with E-state index in [1.807, 2.05) is 30.0 Å². The smallest absolute Gasteiger partial charge is 0.257 e. The second kappa shape index (κ2) is 6.91. The highest BCUT2D eigenvalue weighted by Gasteiger charge is 2.25. The largest absolute Gasteiger partial charge is 0.496 e. The van der Waals surface area contributed by atoms with Crippen molar-refractivity contribution in [3.8, 4) is 5.75 Å². The van der Waals surface area contributed by atoms with Crippen LogP contribution in [0.4, 0.5) is 0 Å². The number of nitrogens with two attached hydrogens (primary N) is 1. The fourth-order valence-electron chi connectivity index (χ4n) is 2.67. The van der Waals surface area contributed by atoms with Crippen LogP contribution in [0.5, 0.6) is 5.75 Å². The molecule has 1 aliphatic rings. The van der Waals surface area contributed by atoms with Crippen molar-refractivity contribution < 1.29 is 9.53 Å². The Balaban J connectivity index is 2.07. The van der Waals surface area contributed by atoms with Crippen LogP contribution in [0.3, 0.4) is 0 Å². The van der Waals surface area contributed by atoms with Gasteiger partial charge < -0.3 is 15.4 Å². The molecule has 0 aliphatic carbocycles. The molecule has 0 saturated carbocycles. The number of ether oxygens (including phenoxy) is 1. The summed E-state index contributed by atoms with van der Waals surface area (Å²) in [4.78, 5) is 16.9. The van der Waals surface area contributed by atoms with Crippen LogP contribution in [0, 0.1) is 6.92 Å². The molecule has 2 N–H and O–H groups in total. The molecule has 0 spiro atoms. The monoisotopic (exact) mass is 291 g/mol. The Kier molecular flexibility index (Phi) is 5.20. The van der Waals surface area contributed by atoms with Crippen LogP contribution in [-0.4, -0.2) is 61.6 Å². The normalized spacial score (nSPS) is 17.6. The van der Waals surface area contributed by atoms with E-state index in [1.165, 1.54) is 0 Å². The predicted molar refractivity (Wildman–Crippen MR) is 83.7 cm³/mol. The maximum Gasteiger partial charge on any atom is 0.257 e. The first-order valence-electron chi connectivity index (χ1n) is 7.45. The minimum atomic E-state index is 0.0515. The number of benzene rings is 1. The zero-order valence-corrected chi connectivity index (χ0v) is 13.1. The Morgan fingerprint density at radius 1 is 1.33 bits per heavy atom. The summed E-state index contributed by atoms with van der Waals surface area (Å²) in [5.74, 6) is 0.693. The molecule has 1 aliphatic heterocycles. The van der Waals surface area contributed by atoms with Gasteiger partial charge in [-0.25, -0.2) is 0 Å². The minimum Gasteiger partial charge on any atom is -0.496 e. The Morgan fingerprint density at radius 3 is 2.57 bits per heavy atom. The average Bonchev–Trinajstić information content (AvgIpc) is 2.53. The van der Waals surface area contributed by atoms with E-state index >= 15 is 0 Å². The lowest BCUT2D eigenvalue weighted by Crippen LogP contribution is -2.52. The highest BCUT2D eigenvalue weighted by molar-refractivity contribution is 5.97. The molecule has 116 valence electrons. The number of carbonyl (C=O) groups excluding carboxylic acids is 1. The Hall–Kier alpha value is -1.59. The quantitative estimate of drug-likeness (QED) is 0.903. The third-order valence-corrected chi connectivity index (χ3v) is 4.15. The molecule has 1 aromatic carbocycles. The van der Waals surface area contributed by atoms with Gasteiger partial charge in [-0.05, 0) is 26.0 Å². The van der Waals surface area contributed by atoms with Crippen molar-refractivity contribution in [1.29, 1.82) is 0 Å². The third-order valence-electron chi connectivity index (χ3n) is 4.15. The maximum atomic E-state index is 12.7. The van der Waals surface area contributed by atoms with E-state index in [2.05, 4.69) is 11.8 Å². The molecule has 5 heteroatoms. The van der Waals surface area contributed by atoms with Gasteiger partial charge in [0.2, 0.25) is 0 Å². The van der Waals surface area contributed by atoms with Gasteiger partial charge >= 0.3 is 0 Å². The van der Waals surface area contributed by atoms with Gasteiger partial charge in [-0.15, -0.1) is 0 Å². The predicted octanol–water partition coefficient (Wildman–Crippen LogP) is 1.11. The summed E-state index contributed by atoms with van der Waals surface area (Å²) in [6, 6.07) is 6.08. The first-order chi connectivity index (χ1) is 10.1. The van der Waals surface area contributed by atoms with Gasteiger partial charge in [-0.1, -0.05) is 11.6 Å². The molecule has 5 nitrogen and oxygen atoms in total. The van der Waals surface area contributed by atoms with Gasteiger partial charge in [0.05, 0.1) is 12.7 Å². The number of rotatable bonds is 4. The zero-order chi connectivity index (χ0) is 15.4. The van der Waals surface area contributed by atoms with E-state index in [1.54, 1.807) is 7.11 Å². The first kappa shape index (κ1) is 15.8. The molecule has 1 unspecified atom stereocenters. The molecule has 21 heavy (non-hydrogen) atoms. The lowest BCUT2D eigenvalue weighted by Gasteiger charge is -2.37. The van der Waals surface area contributed by atoms with Gasteiger partial charge in [0.25, 0.3) is 5.91 Å².